The van der Waals surface area contributed by atoms with Crippen LogP contribution >= 0.6 is 0 Å². The van der Waals surface area contributed by atoms with Gasteiger partial charge >= 0.3 is 11.9 Å². The van der Waals surface area contributed by atoms with Crippen molar-refractivity contribution in [2.45, 2.75) is 135 Å². The number of rotatable bonds is 12. The first-order valence-corrected chi connectivity index (χ1v) is 20.2. The van der Waals surface area contributed by atoms with Gasteiger partial charge in [-0.15, -0.1) is 0 Å². The smallest absolute Gasteiger partial charge is 0.350 e. The first-order chi connectivity index (χ1) is 27.5. The van der Waals surface area contributed by atoms with Crippen molar-refractivity contribution in [3.63, 3.8) is 0 Å². The van der Waals surface area contributed by atoms with Crippen molar-refractivity contribution >= 4 is 35.7 Å². The zero-order chi connectivity index (χ0) is 45.7. The van der Waals surface area contributed by atoms with E-state index in [1.54, 1.807) is 32.1 Å². The summed E-state index contributed by atoms with van der Waals surface area (Å²) >= 11 is 0. The summed E-state index contributed by atoms with van der Waals surface area (Å²) in [6, 6.07) is 15.6. The Kier molecular flexibility index (Phi) is 15.5. The molecule has 4 rings (SSSR count). The molecule has 0 saturated carbocycles. The number of benzene rings is 4. The third kappa shape index (κ3) is 12.9. The molecule has 0 radical (unpaired) electrons. The quantitative estimate of drug-likeness (QED) is 0.0853. The minimum atomic E-state index is -1.32. The number of carbonyl (C=O) groups excluding carboxylic acids is 3. The van der Waals surface area contributed by atoms with Crippen molar-refractivity contribution in [1.29, 1.82) is 0 Å². The predicted molar refractivity (Wildman–Crippen MR) is 243 cm³/mol. The normalized spacial score (nSPS) is 11.9. The van der Waals surface area contributed by atoms with Crippen LogP contribution in [0.5, 0.6) is 11.5 Å². The average Bonchev–Trinajstić information content (AvgIpc) is 3.12. The van der Waals surface area contributed by atoms with Crippen molar-refractivity contribution in [1.82, 2.24) is 0 Å². The number of hydrogen-bond donors (Lipinski definition) is 1. The summed E-state index contributed by atoms with van der Waals surface area (Å²) in [5.41, 5.74) is 10.1. The number of esters is 1. The summed E-state index contributed by atoms with van der Waals surface area (Å²) in [4.78, 5) is 49.3. The molecule has 0 aliphatic heterocycles. The Hall–Kier alpha value is -5.76. The number of aliphatic carboxylic acids is 1. The van der Waals surface area contributed by atoms with Crippen molar-refractivity contribution < 1.29 is 38.5 Å². The van der Waals surface area contributed by atoms with Gasteiger partial charge in [0, 0.05) is 11.1 Å². The second kappa shape index (κ2) is 19.1. The average molecular weight is 817 g/mol. The lowest BCUT2D eigenvalue weighted by atomic mass is 9.97. The van der Waals surface area contributed by atoms with E-state index >= 15 is 0 Å². The summed E-state index contributed by atoms with van der Waals surface area (Å²) in [7, 11) is 0. The van der Waals surface area contributed by atoms with Gasteiger partial charge in [-0.05, 0) is 233 Å². The first-order valence-electron chi connectivity index (χ1n) is 20.2. The van der Waals surface area contributed by atoms with Gasteiger partial charge in [-0.2, -0.15) is 0 Å². The minimum Gasteiger partial charge on any atom is -0.478 e. The number of ether oxygens (including phenoxy) is 3. The highest BCUT2D eigenvalue weighted by molar-refractivity contribution is 6.08. The maximum absolute atomic E-state index is 12.8. The molecule has 4 aromatic carbocycles. The molecule has 0 aromatic heterocycles. The fourth-order valence-corrected chi connectivity index (χ4v) is 6.45. The lowest BCUT2D eigenvalue weighted by Gasteiger charge is -2.30. The third-order valence-electron chi connectivity index (χ3n) is 10.2. The van der Waals surface area contributed by atoms with Crippen molar-refractivity contribution in [3.8, 4) is 11.5 Å². The summed E-state index contributed by atoms with van der Waals surface area (Å²) in [5.74, 6) is -0.294. The van der Waals surface area contributed by atoms with E-state index in [0.29, 0.717) is 17.1 Å². The number of carboxylic acid groups (broad SMARTS) is 1. The van der Waals surface area contributed by atoms with Crippen LogP contribution in [0, 0.1) is 69.2 Å². The van der Waals surface area contributed by atoms with Crippen LogP contribution in [0.25, 0.3) is 12.2 Å². The maximum Gasteiger partial charge on any atom is 0.350 e. The van der Waals surface area contributed by atoms with Crippen LogP contribution in [0.15, 0.2) is 60.7 Å². The molecule has 0 aliphatic carbocycles. The van der Waals surface area contributed by atoms with E-state index in [1.165, 1.54) is 25.0 Å². The standard InChI is InChI=1S/C28H36O4.C24H28O4/c1-17-13-19(3)23(16-18(17)2)24(29)12-11-22-14-20(4)25(21(5)15-22)31-28(9,10)26(30)32-27(6,7)8;1-14-10-16(3)20(13-15(14)2)21(25)9-8-19-11-17(4)22(18(5)12-19)28-24(6,7)23(26)27/h11-16H,1-10H3;8-13H,1-7H3,(H,26,27)/b12-11+;9-8+. The van der Waals surface area contributed by atoms with Crippen LogP contribution in [0.4, 0.5) is 0 Å². The molecule has 8 nitrogen and oxygen atoms in total. The summed E-state index contributed by atoms with van der Waals surface area (Å²) in [5, 5.41) is 9.28. The summed E-state index contributed by atoms with van der Waals surface area (Å²) < 4.78 is 17.3. The molecule has 1 N–H and O–H groups in total. The van der Waals surface area contributed by atoms with Gasteiger partial charge in [-0.1, -0.05) is 24.3 Å². The van der Waals surface area contributed by atoms with Crippen LogP contribution in [-0.4, -0.2) is 45.4 Å². The van der Waals surface area contributed by atoms with Crippen molar-refractivity contribution in [2.75, 3.05) is 0 Å². The fraction of sp³-hybridized carbons (Fsp3) is 0.385. The topological polar surface area (TPSA) is 116 Å². The van der Waals surface area contributed by atoms with E-state index in [9.17, 15) is 24.3 Å². The molecule has 8 heteroatoms. The van der Waals surface area contributed by atoms with E-state index in [4.69, 9.17) is 14.2 Å². The molecule has 0 heterocycles. The molecule has 60 heavy (non-hydrogen) atoms. The molecule has 0 saturated heterocycles. The number of aryl methyl sites for hydroxylation is 10. The minimum absolute atomic E-state index is 0.0210. The van der Waals surface area contributed by atoms with Crippen molar-refractivity contribution in [2.24, 2.45) is 0 Å². The molecule has 0 bridgehead atoms. The summed E-state index contributed by atoms with van der Waals surface area (Å²) in [6.07, 6.45) is 6.78. The lowest BCUT2D eigenvalue weighted by Crippen LogP contribution is -2.43. The molecular formula is C52H64O8. The van der Waals surface area contributed by atoms with E-state index in [-0.39, 0.29) is 11.6 Å². The van der Waals surface area contributed by atoms with Crippen LogP contribution in [-0.2, 0) is 14.3 Å². The number of ketones is 2. The molecular weight excluding hydrogens is 753 g/mol. The Labute approximate surface area is 357 Å². The SMILES string of the molecule is Cc1cc(C)c(C(=O)/C=C/c2cc(C)c(OC(C)(C)C(=O)O)c(C)c2)cc1C.Cc1cc(C)c(C(=O)/C=C/c2cc(C)c(OC(C)(C)C(=O)OC(C)(C)C)c(C)c2)cc1C. The molecule has 0 aliphatic rings. The second-order valence-electron chi connectivity index (χ2n) is 17.9. The zero-order valence-electron chi connectivity index (χ0n) is 38.7. The van der Waals surface area contributed by atoms with Gasteiger partial charge in [0.1, 0.15) is 17.1 Å². The van der Waals surface area contributed by atoms with E-state index in [2.05, 4.69) is 0 Å². The molecule has 0 fully saturated rings. The number of carboxylic acids is 1. The lowest BCUT2D eigenvalue weighted by molar-refractivity contribution is -0.171. The van der Waals surface area contributed by atoms with Gasteiger partial charge in [0.2, 0.25) is 0 Å². The molecule has 0 atom stereocenters. The van der Waals surface area contributed by atoms with Gasteiger partial charge < -0.3 is 19.3 Å². The van der Waals surface area contributed by atoms with Crippen LogP contribution in [0.2, 0.25) is 0 Å². The number of hydrogen-bond acceptors (Lipinski definition) is 7. The highest BCUT2D eigenvalue weighted by Crippen LogP contribution is 2.32. The second-order valence-corrected chi connectivity index (χ2v) is 17.9. The van der Waals surface area contributed by atoms with Gasteiger partial charge in [-0.25, -0.2) is 9.59 Å². The Morgan fingerprint density at radius 1 is 0.450 bits per heavy atom. The number of allylic oxidation sites excluding steroid dienone is 2. The molecule has 4 aromatic rings. The van der Waals surface area contributed by atoms with E-state index in [1.807, 2.05) is 145 Å². The van der Waals surface area contributed by atoms with Gasteiger partial charge in [0.15, 0.2) is 22.8 Å². The summed E-state index contributed by atoms with van der Waals surface area (Å²) in [6.45, 7) is 31.5. The highest BCUT2D eigenvalue weighted by Gasteiger charge is 2.35. The van der Waals surface area contributed by atoms with Crippen LogP contribution < -0.4 is 9.47 Å². The fourth-order valence-electron chi connectivity index (χ4n) is 6.45. The van der Waals surface area contributed by atoms with Gasteiger partial charge in [0.25, 0.3) is 0 Å². The maximum atomic E-state index is 12.8. The van der Waals surface area contributed by atoms with Crippen molar-refractivity contribution in [3.05, 3.63) is 139 Å². The Balaban J connectivity index is 0.000000323. The van der Waals surface area contributed by atoms with Gasteiger partial charge in [0.05, 0.1) is 0 Å². The Morgan fingerprint density at radius 2 is 0.767 bits per heavy atom. The van der Waals surface area contributed by atoms with E-state index < -0.39 is 28.7 Å². The van der Waals surface area contributed by atoms with Gasteiger partial charge in [-0.3, -0.25) is 9.59 Å². The number of carbonyl (C=O) groups is 4. The third-order valence-corrected chi connectivity index (χ3v) is 10.2. The Morgan fingerprint density at radius 3 is 1.08 bits per heavy atom. The van der Waals surface area contributed by atoms with Crippen LogP contribution in [0.3, 0.4) is 0 Å². The van der Waals surface area contributed by atoms with E-state index in [0.717, 1.165) is 61.2 Å². The monoisotopic (exact) mass is 816 g/mol. The zero-order valence-corrected chi connectivity index (χ0v) is 38.7. The molecule has 0 spiro atoms. The molecule has 0 amide bonds. The Bertz CT molecular complexity index is 2320. The molecule has 320 valence electrons. The van der Waals surface area contributed by atoms with Crippen LogP contribution in [0.1, 0.15) is 136 Å². The predicted octanol–water partition coefficient (Wildman–Crippen LogP) is 12.0. The first kappa shape index (κ1) is 48.6. The largest absolute Gasteiger partial charge is 0.478 e. The highest BCUT2D eigenvalue weighted by atomic mass is 16.6. The molecule has 0 unspecified atom stereocenters.